The van der Waals surface area contributed by atoms with E-state index in [1.807, 2.05) is 38.2 Å². The van der Waals surface area contributed by atoms with Crippen LogP contribution in [0.5, 0.6) is 0 Å². The van der Waals surface area contributed by atoms with Crippen molar-refractivity contribution in [3.05, 3.63) is 35.4 Å². The Bertz CT molecular complexity index is 325. The lowest BCUT2D eigenvalue weighted by Crippen LogP contribution is -2.27. The molecule has 2 N–H and O–H groups in total. The maximum atomic E-state index is 11.5. The maximum Gasteiger partial charge on any atom is 0.224 e. The van der Waals surface area contributed by atoms with E-state index in [9.17, 15) is 4.79 Å². The molecule has 0 bridgehead atoms. The van der Waals surface area contributed by atoms with Gasteiger partial charge in [-0.25, -0.2) is 0 Å². The second kappa shape index (κ2) is 9.02. The maximum absolute atomic E-state index is 11.5. The Morgan fingerprint density at radius 2 is 1.82 bits per heavy atom. The van der Waals surface area contributed by atoms with E-state index >= 15 is 0 Å². The monoisotopic (exact) mass is 256 g/mol. The summed E-state index contributed by atoms with van der Waals surface area (Å²) in [5.74, 6) is 0.0972. The Morgan fingerprint density at radius 3 is 2.41 bits per heavy atom. The Labute approximate surface area is 109 Å². The molecule has 0 saturated carbocycles. The molecule has 0 spiro atoms. The minimum atomic E-state index is 0. The van der Waals surface area contributed by atoms with Crippen molar-refractivity contribution in [2.24, 2.45) is 0 Å². The van der Waals surface area contributed by atoms with Crippen molar-refractivity contribution < 1.29 is 4.79 Å². The molecule has 96 valence electrons. The Morgan fingerprint density at radius 1 is 1.18 bits per heavy atom. The molecule has 3 nitrogen and oxygen atoms in total. The standard InChI is InChI=1S/C13H20N2O.ClH/c1-11-4-6-12(7-5-11)10-13(16)15-9-3-8-14-2;/h4-7,14H,3,8-10H2,1-2H3,(H,15,16);1H. The van der Waals surface area contributed by atoms with Crippen molar-refractivity contribution in [2.45, 2.75) is 19.8 Å². The SMILES string of the molecule is CNCCCNC(=O)Cc1ccc(C)cc1.Cl. The fraction of sp³-hybridized carbons (Fsp3) is 0.462. The molecule has 0 saturated heterocycles. The summed E-state index contributed by atoms with van der Waals surface area (Å²) in [5.41, 5.74) is 2.29. The molecule has 0 heterocycles. The van der Waals surface area contributed by atoms with Gasteiger partial charge in [0.25, 0.3) is 0 Å². The lowest BCUT2D eigenvalue weighted by atomic mass is 10.1. The van der Waals surface area contributed by atoms with Crippen LogP contribution in [-0.2, 0) is 11.2 Å². The van der Waals surface area contributed by atoms with E-state index < -0.39 is 0 Å². The van der Waals surface area contributed by atoms with Crippen LogP contribution in [0.4, 0.5) is 0 Å². The van der Waals surface area contributed by atoms with Crippen molar-refractivity contribution in [1.82, 2.24) is 10.6 Å². The molecule has 0 aliphatic heterocycles. The fourth-order valence-corrected chi connectivity index (χ4v) is 1.45. The number of hydrogen-bond donors (Lipinski definition) is 2. The predicted octanol–water partition coefficient (Wildman–Crippen LogP) is 1.69. The van der Waals surface area contributed by atoms with Crippen LogP contribution in [0.2, 0.25) is 0 Å². The van der Waals surface area contributed by atoms with Gasteiger partial charge >= 0.3 is 0 Å². The van der Waals surface area contributed by atoms with Crippen LogP contribution < -0.4 is 10.6 Å². The molecule has 17 heavy (non-hydrogen) atoms. The van der Waals surface area contributed by atoms with E-state index in [2.05, 4.69) is 10.6 Å². The van der Waals surface area contributed by atoms with E-state index in [-0.39, 0.29) is 18.3 Å². The highest BCUT2D eigenvalue weighted by Crippen LogP contribution is 2.03. The van der Waals surface area contributed by atoms with Gasteiger partial charge in [-0.3, -0.25) is 4.79 Å². The van der Waals surface area contributed by atoms with Crippen molar-refractivity contribution in [3.63, 3.8) is 0 Å². The summed E-state index contributed by atoms with van der Waals surface area (Å²) < 4.78 is 0. The van der Waals surface area contributed by atoms with Gasteiger partial charge in [0.2, 0.25) is 5.91 Å². The van der Waals surface area contributed by atoms with Crippen LogP contribution >= 0.6 is 12.4 Å². The van der Waals surface area contributed by atoms with Crippen LogP contribution in [-0.4, -0.2) is 26.0 Å². The van der Waals surface area contributed by atoms with E-state index in [1.165, 1.54) is 5.56 Å². The fourth-order valence-electron chi connectivity index (χ4n) is 1.45. The zero-order valence-electron chi connectivity index (χ0n) is 10.5. The Hall–Kier alpha value is -1.06. The summed E-state index contributed by atoms with van der Waals surface area (Å²) in [4.78, 5) is 11.5. The van der Waals surface area contributed by atoms with Gasteiger partial charge in [0.15, 0.2) is 0 Å². The minimum absolute atomic E-state index is 0. The molecule has 0 aliphatic rings. The molecule has 0 aromatic heterocycles. The van der Waals surface area contributed by atoms with E-state index in [0.717, 1.165) is 25.1 Å². The summed E-state index contributed by atoms with van der Waals surface area (Å²) in [5, 5.41) is 5.95. The number of aryl methyl sites for hydroxylation is 1. The normalized spacial score (nSPS) is 9.53. The second-order valence-electron chi connectivity index (χ2n) is 3.97. The summed E-state index contributed by atoms with van der Waals surface area (Å²) in [6.07, 6.45) is 1.44. The van der Waals surface area contributed by atoms with Gasteiger partial charge in [-0.1, -0.05) is 29.8 Å². The first-order chi connectivity index (χ1) is 7.72. The van der Waals surface area contributed by atoms with Crippen LogP contribution in [0.1, 0.15) is 17.5 Å². The van der Waals surface area contributed by atoms with Gasteiger partial charge < -0.3 is 10.6 Å². The molecule has 0 radical (unpaired) electrons. The van der Waals surface area contributed by atoms with Crippen molar-refractivity contribution in [1.29, 1.82) is 0 Å². The van der Waals surface area contributed by atoms with Gasteiger partial charge in [-0.2, -0.15) is 0 Å². The zero-order chi connectivity index (χ0) is 11.8. The zero-order valence-corrected chi connectivity index (χ0v) is 11.3. The predicted molar refractivity (Wildman–Crippen MR) is 73.7 cm³/mol. The number of rotatable bonds is 6. The smallest absolute Gasteiger partial charge is 0.224 e. The molecular formula is C13H21ClN2O. The first-order valence-electron chi connectivity index (χ1n) is 5.69. The van der Waals surface area contributed by atoms with Crippen molar-refractivity contribution in [3.8, 4) is 0 Å². The number of nitrogens with one attached hydrogen (secondary N) is 2. The van der Waals surface area contributed by atoms with Gasteiger partial charge in [0, 0.05) is 6.54 Å². The molecule has 1 rings (SSSR count). The largest absolute Gasteiger partial charge is 0.356 e. The Kier molecular flexibility index (Phi) is 8.46. The Balaban J connectivity index is 0.00000256. The first kappa shape index (κ1) is 15.9. The average Bonchev–Trinajstić information content (AvgIpc) is 2.28. The summed E-state index contributed by atoms with van der Waals surface area (Å²) in [6, 6.07) is 8.07. The highest BCUT2D eigenvalue weighted by molar-refractivity contribution is 5.85. The number of carbonyl (C=O) groups is 1. The topological polar surface area (TPSA) is 41.1 Å². The molecule has 0 atom stereocenters. The summed E-state index contributed by atoms with van der Waals surface area (Å²) >= 11 is 0. The highest BCUT2D eigenvalue weighted by Gasteiger charge is 2.01. The third-order valence-corrected chi connectivity index (χ3v) is 2.41. The molecule has 4 heteroatoms. The number of halogens is 1. The minimum Gasteiger partial charge on any atom is -0.356 e. The lowest BCUT2D eigenvalue weighted by Gasteiger charge is -2.05. The third kappa shape index (κ3) is 6.97. The number of amides is 1. The van der Waals surface area contributed by atoms with E-state index in [0.29, 0.717) is 6.42 Å². The third-order valence-electron chi connectivity index (χ3n) is 2.41. The van der Waals surface area contributed by atoms with Gasteiger partial charge in [-0.15, -0.1) is 12.4 Å². The molecule has 0 fully saturated rings. The van der Waals surface area contributed by atoms with Gasteiger partial charge in [0.05, 0.1) is 6.42 Å². The van der Waals surface area contributed by atoms with Crippen molar-refractivity contribution in [2.75, 3.05) is 20.1 Å². The average molecular weight is 257 g/mol. The molecule has 0 aliphatic carbocycles. The second-order valence-corrected chi connectivity index (χ2v) is 3.97. The van der Waals surface area contributed by atoms with Crippen LogP contribution in [0, 0.1) is 6.92 Å². The van der Waals surface area contributed by atoms with Gasteiger partial charge in [0.1, 0.15) is 0 Å². The highest BCUT2D eigenvalue weighted by atomic mass is 35.5. The molecule has 0 unspecified atom stereocenters. The van der Waals surface area contributed by atoms with Crippen LogP contribution in [0.25, 0.3) is 0 Å². The quantitative estimate of drug-likeness (QED) is 0.761. The number of carbonyl (C=O) groups excluding carboxylic acids is 1. The van der Waals surface area contributed by atoms with Crippen LogP contribution in [0.15, 0.2) is 24.3 Å². The van der Waals surface area contributed by atoms with Gasteiger partial charge in [-0.05, 0) is 32.5 Å². The molecular weight excluding hydrogens is 236 g/mol. The molecule has 1 aromatic rings. The molecule has 1 amide bonds. The first-order valence-corrected chi connectivity index (χ1v) is 5.69. The summed E-state index contributed by atoms with van der Waals surface area (Å²) in [6.45, 7) is 3.72. The molecule has 1 aromatic carbocycles. The van der Waals surface area contributed by atoms with Crippen LogP contribution in [0.3, 0.4) is 0 Å². The number of hydrogen-bond acceptors (Lipinski definition) is 2. The lowest BCUT2D eigenvalue weighted by molar-refractivity contribution is -0.120. The van der Waals surface area contributed by atoms with Crippen molar-refractivity contribution >= 4 is 18.3 Å². The van der Waals surface area contributed by atoms with E-state index in [4.69, 9.17) is 0 Å². The summed E-state index contributed by atoms with van der Waals surface area (Å²) in [7, 11) is 1.91. The van der Waals surface area contributed by atoms with E-state index in [1.54, 1.807) is 0 Å². The number of benzene rings is 1.